The second-order valence-electron chi connectivity index (χ2n) is 6.05. The average molecular weight is 352 g/mol. The van der Waals surface area contributed by atoms with E-state index in [-0.39, 0.29) is 24.1 Å². The molecule has 3 atom stereocenters. The molecule has 2 heterocycles. The van der Waals surface area contributed by atoms with Crippen LogP contribution in [0.3, 0.4) is 0 Å². The lowest BCUT2D eigenvalue weighted by atomic mass is 9.75. The van der Waals surface area contributed by atoms with Gasteiger partial charge < -0.3 is 14.6 Å². The van der Waals surface area contributed by atoms with Gasteiger partial charge in [-0.05, 0) is 53.7 Å². The van der Waals surface area contributed by atoms with Crippen LogP contribution in [0.1, 0.15) is 75.2 Å². The lowest BCUT2D eigenvalue weighted by molar-refractivity contribution is -0.0259. The van der Waals surface area contributed by atoms with E-state index >= 15 is 0 Å². The fraction of sp³-hybridized carbons (Fsp3) is 0.700. The van der Waals surface area contributed by atoms with Gasteiger partial charge in [0.25, 0.3) is 0 Å². The third-order valence-electron chi connectivity index (χ3n) is 4.07. The Morgan fingerprint density at radius 3 is 2.88 bits per heavy atom. The summed E-state index contributed by atoms with van der Waals surface area (Å²) < 4.78 is 154. The number of piperidine rings is 1. The maximum Gasteiger partial charge on any atom is 0.161 e. The van der Waals surface area contributed by atoms with Gasteiger partial charge >= 0.3 is 0 Å². The molecule has 3 unspecified atom stereocenters. The number of nitrogens with zero attached hydrogens (tertiary/aromatic N) is 1. The van der Waals surface area contributed by atoms with Crippen molar-refractivity contribution in [3.05, 3.63) is 23.3 Å². The number of methoxy groups -OCH3 is 2. The van der Waals surface area contributed by atoms with Crippen molar-refractivity contribution in [3.63, 3.8) is 0 Å². The molecule has 1 aromatic carbocycles. The fourth-order valence-electron chi connectivity index (χ4n) is 3.07. The van der Waals surface area contributed by atoms with E-state index in [2.05, 4.69) is 0 Å². The number of benzene rings is 1. The summed E-state index contributed by atoms with van der Waals surface area (Å²) in [5, 5.41) is 11.4. The van der Waals surface area contributed by atoms with Gasteiger partial charge in [0.05, 0.1) is 29.8 Å². The smallest absolute Gasteiger partial charge is 0.161 e. The minimum absolute atomic E-state index is 0.0291. The summed E-state index contributed by atoms with van der Waals surface area (Å²) in [6, 6.07) is 0.390. The standard InChI is InChI=1S/C20H31NO3/c1-20(2,3)11-14-12-21-7-6-13-8-18(23-4)19(24-5)9-15(13)16(21)10-17(14)22/h8-9,14,16-17,22H,6-7,10-12H2,1-5H3/i1D3,2D3,4D3,5D3,10D2,11D2,14D,17D. The van der Waals surface area contributed by atoms with Crippen LogP contribution in [0.25, 0.3) is 0 Å². The maximum absolute atomic E-state index is 11.4. The highest BCUT2D eigenvalue weighted by Crippen LogP contribution is 2.44. The summed E-state index contributed by atoms with van der Waals surface area (Å²) in [4.78, 5) is 1.14. The van der Waals surface area contributed by atoms with E-state index in [0.29, 0.717) is 6.92 Å². The summed E-state index contributed by atoms with van der Waals surface area (Å²) in [7, 11) is -6.14. The highest BCUT2D eigenvalue weighted by atomic mass is 16.5. The van der Waals surface area contributed by atoms with Crippen LogP contribution in [0.5, 0.6) is 11.5 Å². The Morgan fingerprint density at radius 2 is 2.17 bits per heavy atom. The second-order valence-corrected chi connectivity index (χ2v) is 6.05. The Balaban J connectivity index is 2.26. The van der Waals surface area contributed by atoms with Crippen molar-refractivity contribution in [3.8, 4) is 11.5 Å². The molecule has 24 heavy (non-hydrogen) atoms. The van der Waals surface area contributed by atoms with Gasteiger partial charge in [0.2, 0.25) is 0 Å². The third-order valence-corrected chi connectivity index (χ3v) is 4.07. The van der Waals surface area contributed by atoms with Crippen molar-refractivity contribution in [1.29, 1.82) is 0 Å². The third kappa shape index (κ3) is 3.40. The first kappa shape index (κ1) is 5.88. The predicted molar refractivity (Wildman–Crippen MR) is 95.7 cm³/mol. The van der Waals surface area contributed by atoms with E-state index in [0.717, 1.165) is 17.0 Å². The molecule has 0 amide bonds. The van der Waals surface area contributed by atoms with Gasteiger partial charge in [-0.1, -0.05) is 20.6 Å². The Morgan fingerprint density at radius 1 is 1.42 bits per heavy atom. The van der Waals surface area contributed by atoms with Crippen molar-refractivity contribution >= 4 is 0 Å². The second kappa shape index (κ2) is 6.57. The highest BCUT2D eigenvalue weighted by Gasteiger charge is 2.39. The number of aliphatic hydroxyl groups is 1. The summed E-state index contributed by atoms with van der Waals surface area (Å²) in [6.07, 6.45) is -10.9. The molecule has 1 aromatic rings. The minimum atomic E-state index is -3.80. The fourth-order valence-corrected chi connectivity index (χ4v) is 3.07. The first-order valence-electron chi connectivity index (χ1n) is 16.4. The van der Waals surface area contributed by atoms with E-state index in [1.54, 1.807) is 0 Å². The zero-order chi connectivity index (χ0) is 32.9. The molecular formula is C20H31NO3. The number of fused-ring (bicyclic) bond motifs is 3. The average Bonchev–Trinajstić information content (AvgIpc) is 2.73. The first-order valence-corrected chi connectivity index (χ1v) is 7.37. The van der Waals surface area contributed by atoms with Gasteiger partial charge in [0, 0.05) is 34.2 Å². The van der Waals surface area contributed by atoms with Crippen molar-refractivity contribution in [2.75, 3.05) is 27.2 Å². The van der Waals surface area contributed by atoms with Crippen LogP contribution >= 0.6 is 0 Å². The largest absolute Gasteiger partial charge is 0.493 e. The summed E-state index contributed by atoms with van der Waals surface area (Å²) >= 11 is 0. The Bertz CT molecular complexity index is 1190. The van der Waals surface area contributed by atoms with Gasteiger partial charge in [-0.2, -0.15) is 0 Å². The van der Waals surface area contributed by atoms with Crippen LogP contribution in [0, 0.1) is 11.3 Å². The quantitative estimate of drug-likeness (QED) is 0.906. The predicted octanol–water partition coefficient (Wildman–Crippen LogP) is 3.42. The van der Waals surface area contributed by atoms with Crippen molar-refractivity contribution < 1.29 is 39.3 Å². The highest BCUT2D eigenvalue weighted by molar-refractivity contribution is 5.49. The van der Waals surface area contributed by atoms with Crippen molar-refractivity contribution in [2.45, 2.75) is 51.9 Å². The van der Waals surface area contributed by atoms with Gasteiger partial charge in [-0.3, -0.25) is 4.90 Å². The van der Waals surface area contributed by atoms with E-state index in [4.69, 9.17) is 34.1 Å². The maximum atomic E-state index is 11.4. The Hall–Kier alpha value is -1.26. The molecule has 0 aliphatic carbocycles. The minimum Gasteiger partial charge on any atom is -0.493 e. The number of hydrogen-bond donors (Lipinski definition) is 1. The van der Waals surface area contributed by atoms with Gasteiger partial charge in [-0.15, -0.1) is 0 Å². The SMILES string of the molecule is [2H]C([2H])([2H])Oc1cc2c(cc1OC([2H])([2H])[2H])C1N(CC2)CC([2H])(C([2H])([2H])C(C)(C([2H])([2H])[2H])C([2H])([2H])[2H])C([2H])(O)C1([2H])[2H]. The molecule has 1 fully saturated rings. The summed E-state index contributed by atoms with van der Waals surface area (Å²) in [5.41, 5.74) is -3.22. The van der Waals surface area contributed by atoms with Gasteiger partial charge in [-0.25, -0.2) is 0 Å². The normalized spacial score (nSPS) is 49.3. The van der Waals surface area contributed by atoms with Crippen molar-refractivity contribution in [1.82, 2.24) is 4.90 Å². The van der Waals surface area contributed by atoms with Crippen LogP contribution in [-0.4, -0.2) is 43.3 Å². The van der Waals surface area contributed by atoms with Crippen LogP contribution in [0.15, 0.2) is 12.1 Å². The zero-order valence-corrected chi connectivity index (χ0v) is 13.1. The molecule has 2 aliphatic heterocycles. The molecule has 4 heteroatoms. The molecule has 0 aromatic heterocycles. The van der Waals surface area contributed by atoms with Crippen LogP contribution in [0.4, 0.5) is 0 Å². The molecule has 1 saturated heterocycles. The van der Waals surface area contributed by atoms with Crippen LogP contribution < -0.4 is 9.47 Å². The van der Waals surface area contributed by atoms with Gasteiger partial charge in [0.15, 0.2) is 11.5 Å². The van der Waals surface area contributed by atoms with E-state index in [1.807, 2.05) is 0 Å². The van der Waals surface area contributed by atoms with E-state index in [1.165, 1.54) is 0 Å². The Labute approximate surface area is 171 Å². The van der Waals surface area contributed by atoms with E-state index < -0.39 is 82.0 Å². The molecule has 1 N–H and O–H groups in total. The topological polar surface area (TPSA) is 41.9 Å². The van der Waals surface area contributed by atoms with Crippen LogP contribution in [-0.2, 0) is 6.42 Å². The number of hydrogen-bond acceptors (Lipinski definition) is 4. The number of rotatable bonds is 3. The number of ether oxygens (including phenoxy) is 2. The van der Waals surface area contributed by atoms with Crippen molar-refractivity contribution in [2.24, 2.45) is 11.3 Å². The molecule has 134 valence electrons. The lowest BCUT2D eigenvalue weighted by Crippen LogP contribution is -2.48. The molecule has 0 bridgehead atoms. The molecule has 0 radical (unpaired) electrons. The molecule has 3 rings (SSSR count). The first-order chi connectivity index (χ1) is 18.4. The molecule has 0 saturated carbocycles. The molecule has 4 nitrogen and oxygen atoms in total. The molecule has 2 aliphatic rings. The lowest BCUT2D eigenvalue weighted by Gasteiger charge is -2.47. The summed E-state index contributed by atoms with van der Waals surface area (Å²) in [5.74, 6) is -4.54. The zero-order valence-electron chi connectivity index (χ0n) is 31.1. The summed E-state index contributed by atoms with van der Waals surface area (Å²) in [6.45, 7) is -7.82. The molecule has 0 spiro atoms. The van der Waals surface area contributed by atoms with Gasteiger partial charge in [0.1, 0.15) is 0 Å². The van der Waals surface area contributed by atoms with Crippen LogP contribution in [0.2, 0.25) is 0 Å². The van der Waals surface area contributed by atoms with E-state index in [9.17, 15) is 5.11 Å². The molecular weight excluding hydrogens is 302 g/mol. The Kier molecular flexibility index (Phi) is 1.61. The monoisotopic (exact) mass is 351 g/mol.